The van der Waals surface area contributed by atoms with E-state index in [1.165, 1.54) is 0 Å². The van der Waals surface area contributed by atoms with Gasteiger partial charge in [-0.3, -0.25) is 9.10 Å². The highest BCUT2D eigenvalue weighted by molar-refractivity contribution is 7.92. The highest BCUT2D eigenvalue weighted by Crippen LogP contribution is 2.33. The van der Waals surface area contributed by atoms with E-state index >= 15 is 0 Å². The van der Waals surface area contributed by atoms with Gasteiger partial charge in [0, 0.05) is 5.02 Å². The summed E-state index contributed by atoms with van der Waals surface area (Å²) in [6, 6.07) is 7.71. The number of carbonyl (C=O) groups is 1. The van der Waals surface area contributed by atoms with E-state index in [9.17, 15) is 13.2 Å². The number of halogens is 1. The molecule has 0 aromatic heterocycles. The fourth-order valence-corrected chi connectivity index (χ4v) is 5.21. The Balaban J connectivity index is 2.38. The summed E-state index contributed by atoms with van der Waals surface area (Å²) in [6.45, 7) is 11.4. The summed E-state index contributed by atoms with van der Waals surface area (Å²) in [4.78, 5) is 13.2. The van der Waals surface area contributed by atoms with Crippen molar-refractivity contribution in [1.29, 1.82) is 0 Å². The third-order valence-electron chi connectivity index (χ3n) is 5.56. The van der Waals surface area contributed by atoms with Crippen LogP contribution in [-0.2, 0) is 14.8 Å². The molecule has 1 N–H and O–H groups in total. The average Bonchev–Trinajstić information content (AvgIpc) is 2.68. The number of anilines is 1. The van der Waals surface area contributed by atoms with Crippen molar-refractivity contribution in [2.45, 2.75) is 59.5 Å². The van der Waals surface area contributed by atoms with Gasteiger partial charge in [-0.15, -0.1) is 0 Å². The van der Waals surface area contributed by atoms with E-state index in [4.69, 9.17) is 16.3 Å². The largest absolute Gasteiger partial charge is 0.496 e. The van der Waals surface area contributed by atoms with Gasteiger partial charge in [0.15, 0.2) is 0 Å². The SMILES string of the molecule is COc1cc(C)c(C(C)NC(=O)C(C)N(c2cc(Cl)ccc2C)S(C)(=O)=O)cc1C(C)C. The van der Waals surface area contributed by atoms with E-state index in [-0.39, 0.29) is 12.0 Å². The molecule has 0 fully saturated rings. The molecule has 0 aliphatic heterocycles. The Morgan fingerprint density at radius 1 is 1.03 bits per heavy atom. The van der Waals surface area contributed by atoms with Crippen molar-refractivity contribution in [3.05, 3.63) is 57.6 Å². The normalized spacial score (nSPS) is 13.6. The molecule has 2 rings (SSSR count). The Hall–Kier alpha value is -2.25. The lowest BCUT2D eigenvalue weighted by atomic mass is 9.93. The van der Waals surface area contributed by atoms with Gasteiger partial charge in [0.1, 0.15) is 11.8 Å². The quantitative estimate of drug-likeness (QED) is 0.568. The lowest BCUT2D eigenvalue weighted by molar-refractivity contribution is -0.122. The van der Waals surface area contributed by atoms with E-state index in [0.29, 0.717) is 16.3 Å². The van der Waals surface area contributed by atoms with Crippen LogP contribution < -0.4 is 14.4 Å². The van der Waals surface area contributed by atoms with Gasteiger partial charge in [-0.2, -0.15) is 0 Å². The minimum atomic E-state index is -3.74. The average molecular weight is 481 g/mol. The first-order valence-corrected chi connectivity index (χ1v) is 12.7. The zero-order valence-corrected chi connectivity index (χ0v) is 21.6. The summed E-state index contributed by atoms with van der Waals surface area (Å²) < 4.78 is 31.9. The van der Waals surface area contributed by atoms with Crippen molar-refractivity contribution < 1.29 is 17.9 Å². The zero-order chi connectivity index (χ0) is 24.4. The number of nitrogens with zero attached hydrogens (tertiary/aromatic N) is 1. The molecule has 0 spiro atoms. The second-order valence-electron chi connectivity index (χ2n) is 8.50. The van der Waals surface area contributed by atoms with E-state index in [1.807, 2.05) is 26.0 Å². The number of carbonyl (C=O) groups excluding carboxylic acids is 1. The van der Waals surface area contributed by atoms with Gasteiger partial charge in [-0.1, -0.05) is 31.5 Å². The number of sulfonamides is 1. The number of aryl methyl sites for hydroxylation is 2. The Kier molecular flexibility index (Phi) is 8.23. The van der Waals surface area contributed by atoms with Gasteiger partial charge in [0.25, 0.3) is 0 Å². The topological polar surface area (TPSA) is 75.7 Å². The molecule has 32 heavy (non-hydrogen) atoms. The highest BCUT2D eigenvalue weighted by atomic mass is 35.5. The molecule has 0 aliphatic carbocycles. The second-order valence-corrected chi connectivity index (χ2v) is 10.8. The van der Waals surface area contributed by atoms with Gasteiger partial charge in [-0.25, -0.2) is 8.42 Å². The minimum Gasteiger partial charge on any atom is -0.496 e. The molecule has 0 saturated carbocycles. The van der Waals surface area contributed by atoms with Gasteiger partial charge in [0.2, 0.25) is 15.9 Å². The van der Waals surface area contributed by atoms with E-state index in [1.54, 1.807) is 39.2 Å². The smallest absolute Gasteiger partial charge is 0.244 e. The second kappa shape index (κ2) is 10.1. The van der Waals surface area contributed by atoms with Crippen LogP contribution in [0.4, 0.5) is 5.69 Å². The van der Waals surface area contributed by atoms with Crippen molar-refractivity contribution in [3.8, 4) is 5.75 Å². The third-order valence-corrected chi connectivity index (χ3v) is 7.03. The van der Waals surface area contributed by atoms with Crippen molar-refractivity contribution in [2.75, 3.05) is 17.7 Å². The maximum atomic E-state index is 13.2. The molecule has 6 nitrogen and oxygen atoms in total. The van der Waals surface area contributed by atoms with Crippen LogP contribution in [0.5, 0.6) is 5.75 Å². The number of amides is 1. The molecule has 2 aromatic carbocycles. The van der Waals surface area contributed by atoms with E-state index in [0.717, 1.165) is 33.0 Å². The molecule has 0 heterocycles. The Morgan fingerprint density at radius 2 is 1.66 bits per heavy atom. The maximum absolute atomic E-state index is 13.2. The van der Waals surface area contributed by atoms with Gasteiger partial charge in [0.05, 0.1) is 25.1 Å². The fraction of sp³-hybridized carbons (Fsp3) is 0.458. The Morgan fingerprint density at radius 3 is 2.19 bits per heavy atom. The maximum Gasteiger partial charge on any atom is 0.244 e. The zero-order valence-electron chi connectivity index (χ0n) is 20.0. The first-order valence-electron chi connectivity index (χ1n) is 10.5. The molecule has 0 bridgehead atoms. The number of methoxy groups -OCH3 is 1. The first kappa shape index (κ1) is 26.0. The van der Waals surface area contributed by atoms with Crippen LogP contribution in [0.15, 0.2) is 30.3 Å². The van der Waals surface area contributed by atoms with Crippen LogP contribution in [0, 0.1) is 13.8 Å². The summed E-state index contributed by atoms with van der Waals surface area (Å²) in [5.74, 6) is 0.661. The van der Waals surface area contributed by atoms with Crippen molar-refractivity contribution in [3.63, 3.8) is 0 Å². The highest BCUT2D eigenvalue weighted by Gasteiger charge is 2.31. The van der Waals surface area contributed by atoms with Crippen LogP contribution >= 0.6 is 11.6 Å². The number of benzene rings is 2. The molecular weight excluding hydrogens is 448 g/mol. The van der Waals surface area contributed by atoms with E-state index in [2.05, 4.69) is 19.2 Å². The van der Waals surface area contributed by atoms with E-state index < -0.39 is 22.0 Å². The summed E-state index contributed by atoms with van der Waals surface area (Å²) >= 11 is 6.11. The Bertz CT molecular complexity index is 1100. The van der Waals surface area contributed by atoms with Crippen LogP contribution in [-0.4, -0.2) is 33.7 Å². The first-order chi connectivity index (χ1) is 14.8. The lowest BCUT2D eigenvalue weighted by Gasteiger charge is -2.31. The summed E-state index contributed by atoms with van der Waals surface area (Å²) in [5.41, 5.74) is 4.09. The lowest BCUT2D eigenvalue weighted by Crippen LogP contribution is -2.48. The number of hydrogen-bond donors (Lipinski definition) is 1. The van der Waals surface area contributed by atoms with Crippen LogP contribution in [0.3, 0.4) is 0 Å². The van der Waals surface area contributed by atoms with Gasteiger partial charge in [-0.05, 0) is 80.1 Å². The fourth-order valence-electron chi connectivity index (χ4n) is 3.82. The summed E-state index contributed by atoms with van der Waals surface area (Å²) in [5, 5.41) is 3.38. The molecule has 1 amide bonds. The molecular formula is C24H33ClN2O4S. The molecule has 2 unspecified atom stereocenters. The molecule has 0 saturated heterocycles. The molecule has 176 valence electrons. The molecule has 2 aromatic rings. The number of nitrogens with one attached hydrogen (secondary N) is 1. The number of ether oxygens (including phenoxy) is 1. The van der Waals surface area contributed by atoms with Gasteiger partial charge < -0.3 is 10.1 Å². The molecule has 0 aliphatic rings. The third kappa shape index (κ3) is 5.75. The van der Waals surface area contributed by atoms with Crippen molar-refractivity contribution >= 4 is 33.2 Å². The van der Waals surface area contributed by atoms with Crippen molar-refractivity contribution in [2.24, 2.45) is 0 Å². The minimum absolute atomic E-state index is 0.248. The monoisotopic (exact) mass is 480 g/mol. The summed E-state index contributed by atoms with van der Waals surface area (Å²) in [7, 11) is -2.10. The molecule has 2 atom stereocenters. The predicted octanol–water partition coefficient (Wildman–Crippen LogP) is 5.12. The predicted molar refractivity (Wildman–Crippen MR) is 131 cm³/mol. The molecule has 0 radical (unpaired) electrons. The van der Waals surface area contributed by atoms with Gasteiger partial charge >= 0.3 is 0 Å². The van der Waals surface area contributed by atoms with Crippen LogP contribution in [0.1, 0.15) is 61.9 Å². The number of rotatable bonds is 8. The van der Waals surface area contributed by atoms with Crippen LogP contribution in [0.25, 0.3) is 0 Å². The van der Waals surface area contributed by atoms with Crippen LogP contribution in [0.2, 0.25) is 5.02 Å². The molecule has 8 heteroatoms. The number of hydrogen-bond acceptors (Lipinski definition) is 4. The van der Waals surface area contributed by atoms with Crippen molar-refractivity contribution in [1.82, 2.24) is 5.32 Å². The Labute approximate surface area is 197 Å². The standard InChI is InChI=1S/C24H33ClN2O4S/c1-14(2)20-13-21(16(4)11-23(20)31-7)17(5)26-24(28)18(6)27(32(8,29)30)22-12-19(25)10-9-15(22)3/h9-14,17-18H,1-8H3,(H,26,28). The summed E-state index contributed by atoms with van der Waals surface area (Å²) in [6.07, 6.45) is 1.09.